The van der Waals surface area contributed by atoms with Gasteiger partial charge in [-0.2, -0.15) is 0 Å². The molecule has 0 spiro atoms. The Labute approximate surface area is 89.0 Å². The van der Waals surface area contributed by atoms with Gasteiger partial charge in [0.05, 0.1) is 4.92 Å². The summed E-state index contributed by atoms with van der Waals surface area (Å²) in [5.41, 5.74) is 2.02. The average Bonchev–Trinajstić information content (AvgIpc) is 2.16. The van der Waals surface area contributed by atoms with Gasteiger partial charge >= 0.3 is 0 Å². The number of rotatable bonds is 3. The van der Waals surface area contributed by atoms with Gasteiger partial charge in [0, 0.05) is 26.2 Å². The quantitative estimate of drug-likeness (QED) is 0.563. The number of nitro groups is 1. The van der Waals surface area contributed by atoms with Gasteiger partial charge in [0.15, 0.2) is 0 Å². The Kier molecular flexibility index (Phi) is 3.44. The molecule has 0 aliphatic heterocycles. The largest absolute Gasteiger partial charge is 0.383 e. The van der Waals surface area contributed by atoms with E-state index in [4.69, 9.17) is 0 Å². The van der Waals surface area contributed by atoms with E-state index in [9.17, 15) is 10.1 Å². The molecule has 4 heteroatoms. The van der Waals surface area contributed by atoms with E-state index in [-0.39, 0.29) is 10.6 Å². The first-order valence-corrected chi connectivity index (χ1v) is 4.60. The standard InChI is InChI=1S/C11H14N2O2/c1-9-4-5-11(13(14)15)8-10(9)6-7-12(2)3/h4-8H,1-3H3. The molecule has 0 unspecified atom stereocenters. The van der Waals surface area contributed by atoms with Crippen molar-refractivity contribution in [3.8, 4) is 0 Å². The zero-order valence-corrected chi connectivity index (χ0v) is 9.10. The Morgan fingerprint density at radius 3 is 2.60 bits per heavy atom. The van der Waals surface area contributed by atoms with Crippen LogP contribution in [0, 0.1) is 17.0 Å². The fraction of sp³-hybridized carbons (Fsp3) is 0.273. The van der Waals surface area contributed by atoms with Crippen LogP contribution >= 0.6 is 0 Å². The van der Waals surface area contributed by atoms with Gasteiger partial charge in [-0.15, -0.1) is 0 Å². The topological polar surface area (TPSA) is 46.4 Å². The van der Waals surface area contributed by atoms with Crippen LogP contribution in [0.2, 0.25) is 0 Å². The fourth-order valence-electron chi connectivity index (χ4n) is 1.15. The van der Waals surface area contributed by atoms with Crippen molar-refractivity contribution >= 4 is 11.8 Å². The molecule has 0 amide bonds. The second kappa shape index (κ2) is 4.59. The SMILES string of the molecule is Cc1ccc([N+](=O)[O-])cc1C=CN(C)C. The molecule has 0 saturated carbocycles. The lowest BCUT2D eigenvalue weighted by Crippen LogP contribution is -2.00. The van der Waals surface area contributed by atoms with E-state index in [1.807, 2.05) is 38.2 Å². The van der Waals surface area contributed by atoms with Crippen LogP contribution in [0.5, 0.6) is 0 Å². The van der Waals surface area contributed by atoms with Crippen molar-refractivity contribution in [1.82, 2.24) is 4.90 Å². The molecule has 0 atom stereocenters. The molecule has 0 aliphatic carbocycles. The lowest BCUT2D eigenvalue weighted by molar-refractivity contribution is -0.384. The summed E-state index contributed by atoms with van der Waals surface area (Å²) in [6, 6.07) is 4.85. The van der Waals surface area contributed by atoms with Crippen LogP contribution in [0.15, 0.2) is 24.4 Å². The van der Waals surface area contributed by atoms with E-state index in [0.717, 1.165) is 11.1 Å². The molecule has 0 radical (unpaired) electrons. The number of nitro benzene ring substituents is 1. The number of aryl methyl sites for hydroxylation is 1. The molecule has 80 valence electrons. The molecule has 1 aromatic rings. The van der Waals surface area contributed by atoms with Crippen molar-refractivity contribution in [2.45, 2.75) is 6.92 Å². The zero-order valence-electron chi connectivity index (χ0n) is 9.10. The predicted octanol–water partition coefficient (Wildman–Crippen LogP) is 2.44. The summed E-state index contributed by atoms with van der Waals surface area (Å²) in [7, 11) is 3.81. The van der Waals surface area contributed by atoms with Crippen LogP contribution in [0.1, 0.15) is 11.1 Å². The minimum absolute atomic E-state index is 0.124. The number of hydrogen-bond acceptors (Lipinski definition) is 3. The first-order valence-electron chi connectivity index (χ1n) is 4.60. The van der Waals surface area contributed by atoms with Crippen molar-refractivity contribution in [3.63, 3.8) is 0 Å². The molecule has 0 aromatic heterocycles. The van der Waals surface area contributed by atoms with Gasteiger partial charge in [-0.3, -0.25) is 10.1 Å². The highest BCUT2D eigenvalue weighted by Gasteiger charge is 2.06. The van der Waals surface area contributed by atoms with E-state index >= 15 is 0 Å². The molecule has 1 aromatic carbocycles. The van der Waals surface area contributed by atoms with Crippen molar-refractivity contribution in [2.75, 3.05) is 14.1 Å². The lowest BCUT2D eigenvalue weighted by atomic mass is 10.1. The van der Waals surface area contributed by atoms with E-state index in [1.165, 1.54) is 6.07 Å². The summed E-state index contributed by atoms with van der Waals surface area (Å²) < 4.78 is 0. The van der Waals surface area contributed by atoms with Crippen LogP contribution in [0.4, 0.5) is 5.69 Å². The Morgan fingerprint density at radius 1 is 1.40 bits per heavy atom. The van der Waals surface area contributed by atoms with Gasteiger partial charge in [0.25, 0.3) is 5.69 Å². The summed E-state index contributed by atoms with van der Waals surface area (Å²) in [5.74, 6) is 0. The molecule has 0 saturated heterocycles. The highest BCUT2D eigenvalue weighted by atomic mass is 16.6. The van der Waals surface area contributed by atoms with E-state index < -0.39 is 0 Å². The number of nitrogens with zero attached hydrogens (tertiary/aromatic N) is 2. The lowest BCUT2D eigenvalue weighted by Gasteiger charge is -2.04. The molecular formula is C11H14N2O2. The second-order valence-electron chi connectivity index (χ2n) is 3.58. The summed E-state index contributed by atoms with van der Waals surface area (Å²) in [5, 5.41) is 10.6. The molecule has 1 rings (SSSR count). The van der Waals surface area contributed by atoms with E-state index in [1.54, 1.807) is 12.1 Å². The van der Waals surface area contributed by atoms with Crippen LogP contribution in [0.3, 0.4) is 0 Å². The van der Waals surface area contributed by atoms with Gasteiger partial charge in [0.2, 0.25) is 0 Å². The molecule has 0 heterocycles. The third-order valence-electron chi connectivity index (χ3n) is 2.03. The minimum Gasteiger partial charge on any atom is -0.383 e. The van der Waals surface area contributed by atoms with Gasteiger partial charge in [-0.25, -0.2) is 0 Å². The average molecular weight is 206 g/mol. The molecule has 0 N–H and O–H groups in total. The summed E-state index contributed by atoms with van der Waals surface area (Å²) in [6.45, 7) is 1.93. The monoisotopic (exact) mass is 206 g/mol. The maximum absolute atomic E-state index is 10.6. The van der Waals surface area contributed by atoms with Crippen molar-refractivity contribution in [2.24, 2.45) is 0 Å². The molecule has 0 bridgehead atoms. The molecular weight excluding hydrogens is 192 g/mol. The van der Waals surface area contributed by atoms with Crippen molar-refractivity contribution in [3.05, 3.63) is 45.6 Å². The zero-order chi connectivity index (χ0) is 11.4. The summed E-state index contributed by atoms with van der Waals surface area (Å²) in [4.78, 5) is 12.1. The molecule has 0 aliphatic rings. The van der Waals surface area contributed by atoms with Crippen molar-refractivity contribution in [1.29, 1.82) is 0 Å². The van der Waals surface area contributed by atoms with E-state index in [0.29, 0.717) is 0 Å². The van der Waals surface area contributed by atoms with Crippen LogP contribution in [0.25, 0.3) is 6.08 Å². The van der Waals surface area contributed by atoms with Gasteiger partial charge in [-0.05, 0) is 30.3 Å². The van der Waals surface area contributed by atoms with Crippen LogP contribution in [-0.4, -0.2) is 23.9 Å². The Balaban J connectivity index is 3.05. The smallest absolute Gasteiger partial charge is 0.270 e. The van der Waals surface area contributed by atoms with Gasteiger partial charge < -0.3 is 4.90 Å². The number of hydrogen-bond donors (Lipinski definition) is 0. The normalized spacial score (nSPS) is 10.6. The van der Waals surface area contributed by atoms with Crippen molar-refractivity contribution < 1.29 is 4.92 Å². The Hall–Kier alpha value is -1.84. The van der Waals surface area contributed by atoms with Crippen LogP contribution < -0.4 is 0 Å². The third kappa shape index (κ3) is 3.09. The fourth-order valence-corrected chi connectivity index (χ4v) is 1.15. The maximum atomic E-state index is 10.6. The highest BCUT2D eigenvalue weighted by Crippen LogP contribution is 2.18. The predicted molar refractivity (Wildman–Crippen MR) is 60.6 cm³/mol. The Bertz CT molecular complexity index is 398. The first-order chi connectivity index (χ1) is 7.00. The Morgan fingerprint density at radius 2 is 2.07 bits per heavy atom. The second-order valence-corrected chi connectivity index (χ2v) is 3.58. The third-order valence-corrected chi connectivity index (χ3v) is 2.03. The van der Waals surface area contributed by atoms with Gasteiger partial charge in [0.1, 0.15) is 0 Å². The molecule has 0 fully saturated rings. The van der Waals surface area contributed by atoms with E-state index in [2.05, 4.69) is 0 Å². The minimum atomic E-state index is -0.382. The summed E-state index contributed by atoms with van der Waals surface area (Å²) in [6.07, 6.45) is 3.73. The van der Waals surface area contributed by atoms with Crippen LogP contribution in [-0.2, 0) is 0 Å². The molecule has 15 heavy (non-hydrogen) atoms. The number of non-ortho nitro benzene ring substituents is 1. The molecule has 4 nitrogen and oxygen atoms in total. The first kappa shape index (κ1) is 11.2. The highest BCUT2D eigenvalue weighted by molar-refractivity contribution is 5.57. The van der Waals surface area contributed by atoms with Gasteiger partial charge in [-0.1, -0.05) is 6.07 Å². The maximum Gasteiger partial charge on any atom is 0.270 e. The summed E-state index contributed by atoms with van der Waals surface area (Å²) >= 11 is 0. The number of benzene rings is 1.